The lowest BCUT2D eigenvalue weighted by Crippen LogP contribution is -2.30. The van der Waals surface area contributed by atoms with E-state index in [2.05, 4.69) is 49.5 Å². The second-order valence-electron chi connectivity index (χ2n) is 8.92. The van der Waals surface area contributed by atoms with Crippen molar-refractivity contribution in [3.8, 4) is 0 Å². The molecule has 3 heterocycles. The van der Waals surface area contributed by atoms with Gasteiger partial charge in [0, 0.05) is 46.0 Å². The SMILES string of the molecule is CN(C)c1ccc(/C=N\Nc2nc(N3CCCCCC3)nc(N3CCCCCC3)n2)cc1. The minimum absolute atomic E-state index is 0.514. The van der Waals surface area contributed by atoms with Crippen LogP contribution in [0.4, 0.5) is 23.5 Å². The molecule has 0 spiro atoms. The van der Waals surface area contributed by atoms with Crippen molar-refractivity contribution in [2.45, 2.75) is 51.4 Å². The molecule has 2 saturated heterocycles. The predicted octanol–water partition coefficient (Wildman–Crippen LogP) is 4.14. The molecule has 0 unspecified atom stereocenters. The second kappa shape index (κ2) is 11.1. The van der Waals surface area contributed by atoms with Gasteiger partial charge in [0.1, 0.15) is 0 Å². The number of hydrazone groups is 1. The highest BCUT2D eigenvalue weighted by molar-refractivity contribution is 5.80. The van der Waals surface area contributed by atoms with Gasteiger partial charge in [0.15, 0.2) is 0 Å². The summed E-state index contributed by atoms with van der Waals surface area (Å²) in [5.74, 6) is 2.06. The summed E-state index contributed by atoms with van der Waals surface area (Å²) in [5.41, 5.74) is 5.25. The van der Waals surface area contributed by atoms with Crippen LogP contribution >= 0.6 is 0 Å². The minimum Gasteiger partial charge on any atom is -0.378 e. The summed E-state index contributed by atoms with van der Waals surface area (Å²) in [6.07, 6.45) is 11.7. The first kappa shape index (κ1) is 22.3. The van der Waals surface area contributed by atoms with Gasteiger partial charge in [0.2, 0.25) is 17.8 Å². The van der Waals surface area contributed by atoms with E-state index in [1.807, 2.05) is 14.1 Å². The van der Waals surface area contributed by atoms with Gasteiger partial charge in [-0.25, -0.2) is 5.43 Å². The third-order valence-electron chi connectivity index (χ3n) is 6.18. The van der Waals surface area contributed by atoms with Gasteiger partial charge in [-0.3, -0.25) is 0 Å². The van der Waals surface area contributed by atoms with Crippen molar-refractivity contribution in [1.29, 1.82) is 0 Å². The number of benzene rings is 1. The van der Waals surface area contributed by atoms with Crippen LogP contribution < -0.4 is 20.1 Å². The van der Waals surface area contributed by atoms with Crippen LogP contribution in [0.3, 0.4) is 0 Å². The van der Waals surface area contributed by atoms with Crippen molar-refractivity contribution in [2.75, 3.05) is 60.4 Å². The first-order valence-corrected chi connectivity index (χ1v) is 12.0. The van der Waals surface area contributed by atoms with Crippen molar-refractivity contribution >= 4 is 29.7 Å². The summed E-state index contributed by atoms with van der Waals surface area (Å²) in [6, 6.07) is 8.27. The third kappa shape index (κ3) is 6.08. The first-order chi connectivity index (χ1) is 15.7. The smallest absolute Gasteiger partial charge is 0.250 e. The Morgan fingerprint density at radius 3 is 1.72 bits per heavy atom. The summed E-state index contributed by atoms with van der Waals surface area (Å²) in [6.45, 7) is 4.02. The van der Waals surface area contributed by atoms with E-state index in [9.17, 15) is 0 Å². The molecule has 0 aliphatic carbocycles. The molecule has 0 amide bonds. The maximum atomic E-state index is 4.89. The lowest BCUT2D eigenvalue weighted by atomic mass is 10.2. The zero-order valence-electron chi connectivity index (χ0n) is 19.5. The molecule has 0 bridgehead atoms. The minimum atomic E-state index is 0.514. The molecule has 4 rings (SSSR count). The highest BCUT2D eigenvalue weighted by Crippen LogP contribution is 2.22. The fraction of sp³-hybridized carbons (Fsp3) is 0.583. The van der Waals surface area contributed by atoms with Crippen LogP contribution in [0.25, 0.3) is 0 Å². The summed E-state index contributed by atoms with van der Waals surface area (Å²) in [7, 11) is 4.07. The highest BCUT2D eigenvalue weighted by atomic mass is 15.4. The van der Waals surface area contributed by atoms with Crippen molar-refractivity contribution in [3.05, 3.63) is 29.8 Å². The van der Waals surface area contributed by atoms with Crippen LogP contribution in [-0.2, 0) is 0 Å². The Hall–Kier alpha value is -2.90. The van der Waals surface area contributed by atoms with E-state index in [1.54, 1.807) is 6.21 Å². The van der Waals surface area contributed by atoms with Crippen LogP contribution in [0.1, 0.15) is 56.9 Å². The molecular formula is C24H36N8. The van der Waals surface area contributed by atoms with Gasteiger partial charge in [-0.15, -0.1) is 0 Å². The Balaban J connectivity index is 1.53. The molecule has 2 fully saturated rings. The van der Waals surface area contributed by atoms with Crippen LogP contribution in [0.2, 0.25) is 0 Å². The Morgan fingerprint density at radius 1 is 0.750 bits per heavy atom. The summed E-state index contributed by atoms with van der Waals surface area (Å²) < 4.78 is 0. The zero-order chi connectivity index (χ0) is 22.2. The number of nitrogens with zero attached hydrogens (tertiary/aromatic N) is 7. The maximum absolute atomic E-state index is 4.89. The summed E-state index contributed by atoms with van der Waals surface area (Å²) in [5, 5.41) is 4.42. The molecule has 8 nitrogen and oxygen atoms in total. The van der Waals surface area contributed by atoms with Crippen molar-refractivity contribution < 1.29 is 0 Å². The normalized spacial score (nSPS) is 17.8. The monoisotopic (exact) mass is 436 g/mol. The number of aromatic nitrogens is 3. The molecule has 1 aromatic heterocycles. The van der Waals surface area contributed by atoms with Crippen molar-refractivity contribution in [2.24, 2.45) is 5.10 Å². The number of rotatable bonds is 6. The van der Waals surface area contributed by atoms with E-state index in [0.29, 0.717) is 5.95 Å². The number of hydrogen-bond donors (Lipinski definition) is 1. The Kier molecular flexibility index (Phi) is 7.74. The van der Waals surface area contributed by atoms with Crippen molar-refractivity contribution in [3.63, 3.8) is 0 Å². The van der Waals surface area contributed by atoms with Gasteiger partial charge in [-0.05, 0) is 43.4 Å². The average molecular weight is 437 g/mol. The van der Waals surface area contributed by atoms with Crippen molar-refractivity contribution in [1.82, 2.24) is 15.0 Å². The molecule has 1 N–H and O–H groups in total. The summed E-state index contributed by atoms with van der Waals surface area (Å²) in [4.78, 5) is 21.1. The molecule has 2 aliphatic rings. The zero-order valence-corrected chi connectivity index (χ0v) is 19.5. The van der Waals surface area contributed by atoms with E-state index in [1.165, 1.54) is 51.4 Å². The molecule has 32 heavy (non-hydrogen) atoms. The highest BCUT2D eigenvalue weighted by Gasteiger charge is 2.19. The van der Waals surface area contributed by atoms with Gasteiger partial charge < -0.3 is 14.7 Å². The first-order valence-electron chi connectivity index (χ1n) is 12.0. The Labute approximate surface area is 191 Å². The molecular weight excluding hydrogens is 400 g/mol. The van der Waals surface area contributed by atoms with E-state index in [-0.39, 0.29) is 0 Å². The lowest BCUT2D eigenvalue weighted by molar-refractivity contribution is 0.726. The quantitative estimate of drug-likeness (QED) is 0.539. The molecule has 0 saturated carbocycles. The fourth-order valence-electron chi connectivity index (χ4n) is 4.25. The van der Waals surface area contributed by atoms with E-state index in [0.717, 1.165) is 49.3 Å². The fourth-order valence-corrected chi connectivity index (χ4v) is 4.25. The number of hydrogen-bond acceptors (Lipinski definition) is 8. The van der Waals surface area contributed by atoms with Gasteiger partial charge in [-0.1, -0.05) is 37.8 Å². The molecule has 172 valence electrons. The Bertz CT molecular complexity index is 826. The van der Waals surface area contributed by atoms with E-state index < -0.39 is 0 Å². The predicted molar refractivity (Wildman–Crippen MR) is 133 cm³/mol. The van der Waals surface area contributed by atoms with E-state index in [4.69, 9.17) is 15.0 Å². The third-order valence-corrected chi connectivity index (χ3v) is 6.18. The molecule has 8 heteroatoms. The van der Waals surface area contributed by atoms with Gasteiger partial charge in [0.25, 0.3) is 0 Å². The second-order valence-corrected chi connectivity index (χ2v) is 8.92. The molecule has 0 radical (unpaired) electrons. The molecule has 0 atom stereocenters. The van der Waals surface area contributed by atoms with Crippen LogP contribution in [0, 0.1) is 0 Å². The van der Waals surface area contributed by atoms with Gasteiger partial charge in [0.05, 0.1) is 6.21 Å². The average Bonchev–Trinajstić information content (AvgIpc) is 3.25. The van der Waals surface area contributed by atoms with Gasteiger partial charge in [-0.2, -0.15) is 20.1 Å². The standard InChI is InChI=1S/C24H36N8/c1-30(2)21-13-11-20(12-14-21)19-25-29-22-26-23(31-15-7-3-4-8-16-31)28-24(27-22)32-17-9-5-6-10-18-32/h11-14,19H,3-10,15-18H2,1-2H3,(H,26,27,28,29)/b25-19-. The van der Waals surface area contributed by atoms with E-state index >= 15 is 0 Å². The largest absolute Gasteiger partial charge is 0.378 e. The topological polar surface area (TPSA) is 72.8 Å². The molecule has 2 aromatic rings. The molecule has 2 aliphatic heterocycles. The maximum Gasteiger partial charge on any atom is 0.250 e. The number of nitrogens with one attached hydrogen (secondary N) is 1. The van der Waals surface area contributed by atoms with Crippen LogP contribution in [0.15, 0.2) is 29.4 Å². The van der Waals surface area contributed by atoms with Crippen LogP contribution in [-0.4, -0.2) is 61.4 Å². The summed E-state index contributed by atoms with van der Waals surface area (Å²) >= 11 is 0. The van der Waals surface area contributed by atoms with Crippen LogP contribution in [0.5, 0.6) is 0 Å². The molecule has 1 aromatic carbocycles. The van der Waals surface area contributed by atoms with Gasteiger partial charge >= 0.3 is 0 Å². The number of anilines is 4. The lowest BCUT2D eigenvalue weighted by Gasteiger charge is -2.24. The Morgan fingerprint density at radius 2 is 1.25 bits per heavy atom.